The highest BCUT2D eigenvalue weighted by Crippen LogP contribution is 2.30. The molecule has 9 heteroatoms. The number of sulfonamides is 1. The maximum absolute atomic E-state index is 13.1. The van der Waals surface area contributed by atoms with E-state index in [9.17, 15) is 18.0 Å². The molecule has 8 nitrogen and oxygen atoms in total. The number of benzene rings is 2. The van der Waals surface area contributed by atoms with Gasteiger partial charge >= 0.3 is 6.03 Å². The fraction of sp³-hybridized carbons (Fsp3) is 0.440. The molecule has 182 valence electrons. The molecule has 0 aromatic heterocycles. The van der Waals surface area contributed by atoms with Gasteiger partial charge in [0.1, 0.15) is 5.54 Å². The predicted molar refractivity (Wildman–Crippen MR) is 129 cm³/mol. The minimum atomic E-state index is -3.46. The lowest BCUT2D eigenvalue weighted by Crippen LogP contribution is -2.59. The molecule has 1 aliphatic carbocycles. The summed E-state index contributed by atoms with van der Waals surface area (Å²) in [6.07, 6.45) is 4.70. The van der Waals surface area contributed by atoms with Crippen LogP contribution in [0.2, 0.25) is 0 Å². The van der Waals surface area contributed by atoms with Crippen molar-refractivity contribution in [2.75, 3.05) is 13.1 Å². The van der Waals surface area contributed by atoms with Crippen molar-refractivity contribution in [1.82, 2.24) is 20.3 Å². The number of rotatable bonds is 8. The zero-order valence-corrected chi connectivity index (χ0v) is 20.1. The van der Waals surface area contributed by atoms with Gasteiger partial charge in [0.2, 0.25) is 15.9 Å². The number of nitrogens with one attached hydrogen (secondary N) is 3. The van der Waals surface area contributed by atoms with Crippen molar-refractivity contribution in [3.63, 3.8) is 0 Å². The Kier molecular flexibility index (Phi) is 7.53. The van der Waals surface area contributed by atoms with E-state index >= 15 is 0 Å². The van der Waals surface area contributed by atoms with Crippen LogP contribution in [0.5, 0.6) is 0 Å². The van der Waals surface area contributed by atoms with Crippen molar-refractivity contribution < 1.29 is 18.0 Å². The number of nitrogens with zero attached hydrogens (tertiary/aromatic N) is 1. The second kappa shape index (κ2) is 10.6. The van der Waals surface area contributed by atoms with E-state index < -0.39 is 15.6 Å². The molecular formula is C25H32N4O4S. The third kappa shape index (κ3) is 5.59. The van der Waals surface area contributed by atoms with E-state index in [-0.39, 0.29) is 23.4 Å². The minimum absolute atomic E-state index is 0.214. The van der Waals surface area contributed by atoms with Crippen LogP contribution >= 0.6 is 0 Å². The van der Waals surface area contributed by atoms with Gasteiger partial charge in [-0.2, -0.15) is 4.31 Å². The van der Waals surface area contributed by atoms with Crippen molar-refractivity contribution in [2.45, 2.75) is 62.0 Å². The van der Waals surface area contributed by atoms with E-state index in [4.69, 9.17) is 0 Å². The van der Waals surface area contributed by atoms with Gasteiger partial charge in [-0.05, 0) is 48.9 Å². The first-order chi connectivity index (χ1) is 16.4. The normalized spacial score (nSPS) is 17.9. The standard InChI is InChI=1S/C25H32N4O4S/c30-23(25(14-4-5-15-25)28-24(31)27-19-20-8-2-1-3-9-20)26-18-21-10-12-22(13-11-21)34(32,33)29-16-6-7-17-29/h1-3,8-13H,4-7,14-19H2,(H,26,30)(H2,27,28,31). The van der Waals surface area contributed by atoms with Crippen molar-refractivity contribution in [3.8, 4) is 0 Å². The van der Waals surface area contributed by atoms with Crippen LogP contribution in [-0.4, -0.2) is 43.3 Å². The van der Waals surface area contributed by atoms with Crippen LogP contribution in [0.25, 0.3) is 0 Å². The van der Waals surface area contributed by atoms with E-state index in [1.807, 2.05) is 30.3 Å². The van der Waals surface area contributed by atoms with Gasteiger partial charge in [-0.15, -0.1) is 0 Å². The lowest BCUT2D eigenvalue weighted by Gasteiger charge is -2.29. The molecule has 3 N–H and O–H groups in total. The topological polar surface area (TPSA) is 108 Å². The molecule has 4 rings (SSSR count). The number of hydrogen-bond donors (Lipinski definition) is 3. The Hall–Kier alpha value is -2.91. The summed E-state index contributed by atoms with van der Waals surface area (Å²) >= 11 is 0. The summed E-state index contributed by atoms with van der Waals surface area (Å²) in [7, 11) is -3.46. The molecule has 1 saturated heterocycles. The largest absolute Gasteiger partial charge is 0.350 e. The SMILES string of the molecule is O=C(NCc1ccccc1)NC1(C(=O)NCc2ccc(S(=O)(=O)N3CCCC3)cc2)CCCC1. The Morgan fingerprint density at radius 2 is 1.38 bits per heavy atom. The van der Waals surface area contributed by atoms with Gasteiger partial charge in [0, 0.05) is 26.2 Å². The summed E-state index contributed by atoms with van der Waals surface area (Å²) in [6.45, 7) is 1.78. The van der Waals surface area contributed by atoms with E-state index in [0.29, 0.717) is 32.5 Å². The van der Waals surface area contributed by atoms with Crippen LogP contribution in [-0.2, 0) is 27.9 Å². The van der Waals surface area contributed by atoms with Gasteiger partial charge < -0.3 is 16.0 Å². The van der Waals surface area contributed by atoms with E-state index in [0.717, 1.165) is 36.8 Å². The second-order valence-corrected chi connectivity index (χ2v) is 11.0. The summed E-state index contributed by atoms with van der Waals surface area (Å²) in [5, 5.41) is 8.68. The molecule has 2 fully saturated rings. The quantitative estimate of drug-likeness (QED) is 0.535. The Bertz CT molecular complexity index is 1090. The fourth-order valence-corrected chi connectivity index (χ4v) is 6.15. The first-order valence-corrected chi connectivity index (χ1v) is 13.3. The van der Waals surface area contributed by atoms with Crippen LogP contribution in [0, 0.1) is 0 Å². The summed E-state index contributed by atoms with van der Waals surface area (Å²) in [4.78, 5) is 25.9. The molecule has 2 aromatic rings. The molecule has 2 aromatic carbocycles. The van der Waals surface area contributed by atoms with Crippen LogP contribution in [0.15, 0.2) is 59.5 Å². The molecule has 3 amide bonds. The van der Waals surface area contributed by atoms with Crippen LogP contribution < -0.4 is 16.0 Å². The van der Waals surface area contributed by atoms with E-state index in [2.05, 4.69) is 16.0 Å². The maximum Gasteiger partial charge on any atom is 0.315 e. The van der Waals surface area contributed by atoms with Crippen molar-refractivity contribution in [3.05, 3.63) is 65.7 Å². The lowest BCUT2D eigenvalue weighted by molar-refractivity contribution is -0.127. The second-order valence-electron chi connectivity index (χ2n) is 9.02. The highest BCUT2D eigenvalue weighted by Gasteiger charge is 2.42. The smallest absolute Gasteiger partial charge is 0.315 e. The molecule has 0 unspecified atom stereocenters. The van der Waals surface area contributed by atoms with Gasteiger partial charge in [0.25, 0.3) is 0 Å². The van der Waals surface area contributed by atoms with Crippen molar-refractivity contribution in [1.29, 1.82) is 0 Å². The summed E-state index contributed by atoms with van der Waals surface area (Å²) in [6, 6.07) is 15.9. The number of urea groups is 1. The van der Waals surface area contributed by atoms with Crippen LogP contribution in [0.4, 0.5) is 4.79 Å². The van der Waals surface area contributed by atoms with Gasteiger partial charge in [0.15, 0.2) is 0 Å². The predicted octanol–water partition coefficient (Wildman–Crippen LogP) is 2.90. The molecule has 1 heterocycles. The molecule has 0 bridgehead atoms. The zero-order chi connectivity index (χ0) is 24.0. The van der Waals surface area contributed by atoms with Crippen molar-refractivity contribution >= 4 is 22.0 Å². The molecule has 0 spiro atoms. The third-order valence-corrected chi connectivity index (χ3v) is 8.53. The fourth-order valence-electron chi connectivity index (χ4n) is 4.64. The van der Waals surface area contributed by atoms with Crippen LogP contribution in [0.3, 0.4) is 0 Å². The lowest BCUT2D eigenvalue weighted by atomic mass is 9.96. The Balaban J connectivity index is 1.33. The monoisotopic (exact) mass is 484 g/mol. The first-order valence-electron chi connectivity index (χ1n) is 11.9. The average Bonchev–Trinajstić information content (AvgIpc) is 3.56. The van der Waals surface area contributed by atoms with Gasteiger partial charge in [-0.3, -0.25) is 4.79 Å². The Morgan fingerprint density at radius 3 is 2.03 bits per heavy atom. The molecule has 0 atom stereocenters. The average molecular weight is 485 g/mol. The van der Waals surface area contributed by atoms with Crippen LogP contribution in [0.1, 0.15) is 49.7 Å². The summed E-state index contributed by atoms with van der Waals surface area (Å²) in [5.41, 5.74) is 0.855. The van der Waals surface area contributed by atoms with E-state index in [1.165, 1.54) is 4.31 Å². The third-order valence-electron chi connectivity index (χ3n) is 6.62. The molecule has 1 saturated carbocycles. The molecule has 1 aliphatic heterocycles. The van der Waals surface area contributed by atoms with Crippen molar-refractivity contribution in [2.24, 2.45) is 0 Å². The van der Waals surface area contributed by atoms with Gasteiger partial charge in [-0.1, -0.05) is 55.3 Å². The minimum Gasteiger partial charge on any atom is -0.350 e. The van der Waals surface area contributed by atoms with Gasteiger partial charge in [-0.25, -0.2) is 13.2 Å². The molecule has 2 aliphatic rings. The Labute approximate surface area is 201 Å². The molecular weight excluding hydrogens is 452 g/mol. The van der Waals surface area contributed by atoms with E-state index in [1.54, 1.807) is 24.3 Å². The first kappa shape index (κ1) is 24.2. The highest BCUT2D eigenvalue weighted by molar-refractivity contribution is 7.89. The maximum atomic E-state index is 13.1. The summed E-state index contributed by atoms with van der Waals surface area (Å²) < 4.78 is 26.9. The van der Waals surface area contributed by atoms with Gasteiger partial charge in [0.05, 0.1) is 4.90 Å². The molecule has 34 heavy (non-hydrogen) atoms. The number of carbonyl (C=O) groups is 2. The molecule has 0 radical (unpaired) electrons. The number of amides is 3. The Morgan fingerprint density at radius 1 is 0.794 bits per heavy atom. The zero-order valence-electron chi connectivity index (χ0n) is 19.3. The summed E-state index contributed by atoms with van der Waals surface area (Å²) in [5.74, 6) is -0.214. The highest BCUT2D eigenvalue weighted by atomic mass is 32.2. The number of hydrogen-bond acceptors (Lipinski definition) is 4. The number of carbonyl (C=O) groups excluding carboxylic acids is 2.